The van der Waals surface area contributed by atoms with E-state index in [2.05, 4.69) is 15.0 Å². The molecule has 0 amide bonds. The van der Waals surface area contributed by atoms with Crippen LogP contribution >= 0.6 is 0 Å². The molecule has 0 atom stereocenters. The number of rotatable bonds is 3. The van der Waals surface area contributed by atoms with Crippen LogP contribution in [0.1, 0.15) is 12.0 Å². The van der Waals surface area contributed by atoms with Crippen LogP contribution in [0.2, 0.25) is 0 Å². The van der Waals surface area contributed by atoms with Gasteiger partial charge in [-0.2, -0.15) is 0 Å². The van der Waals surface area contributed by atoms with E-state index >= 15 is 0 Å². The van der Waals surface area contributed by atoms with Crippen LogP contribution in [-0.2, 0) is 11.2 Å². The Balaban J connectivity index is 2.38. The molecule has 0 aromatic carbocycles. The number of aromatic nitrogens is 3. The average molecular weight is 203 g/mol. The molecule has 76 valence electrons. The van der Waals surface area contributed by atoms with E-state index in [4.69, 9.17) is 5.11 Å². The van der Waals surface area contributed by atoms with Gasteiger partial charge in [-0.25, -0.2) is 0 Å². The van der Waals surface area contributed by atoms with Gasteiger partial charge in [0.25, 0.3) is 0 Å². The topological polar surface area (TPSA) is 76.0 Å². The Bertz CT molecular complexity index is 493. The van der Waals surface area contributed by atoms with E-state index in [1.165, 1.54) is 0 Å². The second-order valence-corrected chi connectivity index (χ2v) is 3.12. The maximum atomic E-state index is 10.5. The lowest BCUT2D eigenvalue weighted by atomic mass is 10.1. The van der Waals surface area contributed by atoms with E-state index in [0.717, 1.165) is 11.1 Å². The Morgan fingerprint density at radius 3 is 2.87 bits per heavy atom. The van der Waals surface area contributed by atoms with Gasteiger partial charge in [0.2, 0.25) is 0 Å². The Morgan fingerprint density at radius 2 is 2.07 bits per heavy atom. The van der Waals surface area contributed by atoms with Gasteiger partial charge < -0.3 is 5.11 Å². The summed E-state index contributed by atoms with van der Waals surface area (Å²) in [6, 6.07) is 0. The Morgan fingerprint density at radius 1 is 1.27 bits per heavy atom. The third-order valence-corrected chi connectivity index (χ3v) is 2.07. The SMILES string of the molecule is O=C(O)CCc1cncc2nccnc12. The van der Waals surface area contributed by atoms with Crippen molar-refractivity contribution in [2.45, 2.75) is 12.8 Å². The number of carboxylic acid groups (broad SMARTS) is 1. The first-order chi connectivity index (χ1) is 7.27. The summed E-state index contributed by atoms with van der Waals surface area (Å²) in [6.45, 7) is 0. The van der Waals surface area contributed by atoms with Crippen LogP contribution in [0.15, 0.2) is 24.8 Å². The zero-order valence-electron chi connectivity index (χ0n) is 7.92. The highest BCUT2D eigenvalue weighted by atomic mass is 16.4. The normalized spacial score (nSPS) is 10.4. The molecule has 2 rings (SSSR count). The van der Waals surface area contributed by atoms with Crippen molar-refractivity contribution in [2.24, 2.45) is 0 Å². The Hall–Kier alpha value is -2.04. The molecule has 15 heavy (non-hydrogen) atoms. The third kappa shape index (κ3) is 2.07. The molecule has 2 heterocycles. The lowest BCUT2D eigenvalue weighted by Crippen LogP contribution is -1.99. The molecule has 1 N–H and O–H groups in total. The highest BCUT2D eigenvalue weighted by Gasteiger charge is 2.05. The summed E-state index contributed by atoms with van der Waals surface area (Å²) in [6.07, 6.45) is 6.94. The first-order valence-corrected chi connectivity index (χ1v) is 4.53. The van der Waals surface area contributed by atoms with Gasteiger partial charge in [0.05, 0.1) is 11.7 Å². The number of fused-ring (bicyclic) bond motifs is 1. The molecule has 2 aromatic heterocycles. The largest absolute Gasteiger partial charge is 0.481 e. The van der Waals surface area contributed by atoms with Gasteiger partial charge in [0.15, 0.2) is 0 Å². The standard InChI is InChI=1S/C10H9N3O2/c14-9(15)2-1-7-5-11-6-8-10(7)13-4-3-12-8/h3-6H,1-2H2,(H,14,15). The minimum Gasteiger partial charge on any atom is -0.481 e. The highest BCUT2D eigenvalue weighted by molar-refractivity contribution is 5.77. The minimum atomic E-state index is -0.823. The van der Waals surface area contributed by atoms with Gasteiger partial charge in [-0.05, 0) is 12.0 Å². The first-order valence-electron chi connectivity index (χ1n) is 4.53. The highest BCUT2D eigenvalue weighted by Crippen LogP contribution is 2.13. The van der Waals surface area contributed by atoms with Crippen LogP contribution in [-0.4, -0.2) is 26.0 Å². The number of hydrogen-bond donors (Lipinski definition) is 1. The van der Waals surface area contributed by atoms with Crippen molar-refractivity contribution in [3.8, 4) is 0 Å². The van der Waals surface area contributed by atoms with Crippen molar-refractivity contribution >= 4 is 17.0 Å². The number of aliphatic carboxylic acids is 1. The lowest BCUT2D eigenvalue weighted by Gasteiger charge is -2.01. The monoisotopic (exact) mass is 203 g/mol. The zero-order chi connectivity index (χ0) is 10.7. The van der Waals surface area contributed by atoms with Crippen molar-refractivity contribution in [3.63, 3.8) is 0 Å². The van der Waals surface area contributed by atoms with Crippen LogP contribution < -0.4 is 0 Å². The van der Waals surface area contributed by atoms with E-state index in [-0.39, 0.29) is 6.42 Å². The molecule has 0 radical (unpaired) electrons. The minimum absolute atomic E-state index is 0.0807. The molecule has 0 saturated carbocycles. The summed E-state index contributed by atoms with van der Waals surface area (Å²) in [5.41, 5.74) is 2.25. The third-order valence-electron chi connectivity index (χ3n) is 2.07. The summed E-state index contributed by atoms with van der Waals surface area (Å²) < 4.78 is 0. The van der Waals surface area contributed by atoms with E-state index in [1.807, 2.05) is 0 Å². The second-order valence-electron chi connectivity index (χ2n) is 3.12. The fourth-order valence-corrected chi connectivity index (χ4v) is 1.37. The molecule has 0 aliphatic carbocycles. The average Bonchev–Trinajstić information content (AvgIpc) is 2.26. The van der Waals surface area contributed by atoms with Crippen LogP contribution in [0.25, 0.3) is 11.0 Å². The van der Waals surface area contributed by atoms with E-state index in [0.29, 0.717) is 11.9 Å². The number of carboxylic acids is 1. The Kier molecular flexibility index (Phi) is 2.53. The maximum Gasteiger partial charge on any atom is 0.303 e. The van der Waals surface area contributed by atoms with E-state index < -0.39 is 5.97 Å². The van der Waals surface area contributed by atoms with Crippen molar-refractivity contribution in [2.75, 3.05) is 0 Å². The Labute approximate surface area is 85.8 Å². The maximum absolute atomic E-state index is 10.5. The van der Waals surface area contributed by atoms with Gasteiger partial charge in [-0.1, -0.05) is 0 Å². The summed E-state index contributed by atoms with van der Waals surface area (Å²) in [5, 5.41) is 8.59. The van der Waals surface area contributed by atoms with E-state index in [1.54, 1.807) is 24.8 Å². The molecule has 5 heteroatoms. The fraction of sp³-hybridized carbons (Fsp3) is 0.200. The molecule has 0 spiro atoms. The molecule has 0 saturated heterocycles. The smallest absolute Gasteiger partial charge is 0.303 e. The van der Waals surface area contributed by atoms with Crippen LogP contribution in [0.5, 0.6) is 0 Å². The molecule has 0 fully saturated rings. The molecule has 0 aliphatic rings. The molecule has 0 unspecified atom stereocenters. The van der Waals surface area contributed by atoms with Crippen molar-refractivity contribution < 1.29 is 9.90 Å². The molecular formula is C10H9N3O2. The summed E-state index contributed by atoms with van der Waals surface area (Å²) in [4.78, 5) is 22.7. The number of carbonyl (C=O) groups is 1. The van der Waals surface area contributed by atoms with Crippen molar-refractivity contribution in [1.82, 2.24) is 15.0 Å². The first kappa shape index (κ1) is 9.51. The molecule has 0 bridgehead atoms. The van der Waals surface area contributed by atoms with Crippen LogP contribution in [0.3, 0.4) is 0 Å². The van der Waals surface area contributed by atoms with Crippen LogP contribution in [0.4, 0.5) is 0 Å². The molecule has 0 aliphatic heterocycles. The number of aryl methyl sites for hydroxylation is 1. The van der Waals surface area contributed by atoms with Gasteiger partial charge >= 0.3 is 5.97 Å². The predicted octanol–water partition coefficient (Wildman–Crippen LogP) is 1.04. The summed E-state index contributed by atoms with van der Waals surface area (Å²) in [7, 11) is 0. The quantitative estimate of drug-likeness (QED) is 0.806. The van der Waals surface area contributed by atoms with Gasteiger partial charge in [0, 0.05) is 25.0 Å². The second kappa shape index (κ2) is 4.00. The molecule has 5 nitrogen and oxygen atoms in total. The lowest BCUT2D eigenvalue weighted by molar-refractivity contribution is -0.136. The summed E-state index contributed by atoms with van der Waals surface area (Å²) >= 11 is 0. The predicted molar refractivity (Wildman–Crippen MR) is 53.3 cm³/mol. The van der Waals surface area contributed by atoms with Gasteiger partial charge in [0.1, 0.15) is 5.52 Å². The number of nitrogens with zero attached hydrogens (tertiary/aromatic N) is 3. The molecular weight excluding hydrogens is 194 g/mol. The van der Waals surface area contributed by atoms with Crippen LogP contribution in [0, 0.1) is 0 Å². The van der Waals surface area contributed by atoms with Crippen molar-refractivity contribution in [3.05, 3.63) is 30.4 Å². The van der Waals surface area contributed by atoms with E-state index in [9.17, 15) is 4.79 Å². The summed E-state index contributed by atoms with van der Waals surface area (Å²) in [5.74, 6) is -0.823. The zero-order valence-corrected chi connectivity index (χ0v) is 7.92. The number of pyridine rings is 1. The van der Waals surface area contributed by atoms with Crippen molar-refractivity contribution in [1.29, 1.82) is 0 Å². The number of hydrogen-bond acceptors (Lipinski definition) is 4. The van der Waals surface area contributed by atoms with Gasteiger partial charge in [-0.15, -0.1) is 0 Å². The van der Waals surface area contributed by atoms with Gasteiger partial charge in [-0.3, -0.25) is 19.7 Å². The molecule has 2 aromatic rings. The fourth-order valence-electron chi connectivity index (χ4n) is 1.37.